The van der Waals surface area contributed by atoms with Crippen LogP contribution in [0, 0.1) is 0 Å². The number of hydrogen-bond acceptors (Lipinski definition) is 4. The quantitative estimate of drug-likeness (QED) is 0.218. The van der Waals surface area contributed by atoms with Crippen LogP contribution in [0.2, 0.25) is 0 Å². The van der Waals surface area contributed by atoms with Gasteiger partial charge in [0, 0.05) is 5.75 Å². The Kier molecular flexibility index (Phi) is 19.9. The third kappa shape index (κ3) is 28.8. The van der Waals surface area contributed by atoms with Crippen molar-refractivity contribution in [1.29, 1.82) is 0 Å². The fourth-order valence-electron chi connectivity index (χ4n) is 1.75. The Bertz CT molecular complexity index is 303. The summed E-state index contributed by atoms with van der Waals surface area (Å²) < 4.78 is 33.0. The van der Waals surface area contributed by atoms with Crippen LogP contribution in [0.15, 0.2) is 12.7 Å². The van der Waals surface area contributed by atoms with Crippen LogP contribution >= 0.6 is 12.6 Å². The van der Waals surface area contributed by atoms with Crippen molar-refractivity contribution in [3.8, 4) is 0 Å². The summed E-state index contributed by atoms with van der Waals surface area (Å²) in [7, 11) is -4.23. The lowest BCUT2D eigenvalue weighted by atomic mass is 10.1. The highest BCUT2D eigenvalue weighted by molar-refractivity contribution is 7.80. The van der Waals surface area contributed by atoms with E-state index in [9.17, 15) is 8.42 Å². The van der Waals surface area contributed by atoms with Gasteiger partial charge in [0.1, 0.15) is 0 Å². The van der Waals surface area contributed by atoms with Gasteiger partial charge in [0.05, 0.1) is 6.61 Å². The standard InChI is InChI=1S/C12H26O4S.C3H6S/c1-2-3-4-5-6-7-8-9-10-11-12-16-17(13,14)15;1-2-3-4/h2-12H2,1H3,(H,13,14,15);2,4H,1,3H2. The molecule has 128 valence electrons. The molecule has 0 aliphatic heterocycles. The molecule has 0 fully saturated rings. The zero-order chi connectivity index (χ0) is 16.4. The smallest absolute Gasteiger partial charge is 0.264 e. The SMILES string of the molecule is C=CCS.CCCCCCCCCCCCOS(=O)(=O)O. The van der Waals surface area contributed by atoms with E-state index in [2.05, 4.69) is 30.3 Å². The van der Waals surface area contributed by atoms with Gasteiger partial charge in [-0.1, -0.05) is 70.8 Å². The first-order valence-corrected chi connectivity index (χ1v) is 9.81. The molecule has 0 saturated carbocycles. The van der Waals surface area contributed by atoms with Gasteiger partial charge >= 0.3 is 10.4 Å². The second-order valence-electron chi connectivity index (χ2n) is 4.90. The Morgan fingerprint density at radius 2 is 1.38 bits per heavy atom. The van der Waals surface area contributed by atoms with Crippen LogP contribution in [0.5, 0.6) is 0 Å². The molecule has 0 unspecified atom stereocenters. The minimum absolute atomic E-state index is 0.0926. The maximum atomic E-state index is 10.2. The van der Waals surface area contributed by atoms with Crippen molar-refractivity contribution in [2.75, 3.05) is 12.4 Å². The van der Waals surface area contributed by atoms with Crippen molar-refractivity contribution in [1.82, 2.24) is 0 Å². The third-order valence-corrected chi connectivity index (χ3v) is 3.58. The zero-order valence-corrected chi connectivity index (χ0v) is 15.0. The molecule has 21 heavy (non-hydrogen) atoms. The Hall–Kier alpha value is -0.0400. The van der Waals surface area contributed by atoms with Crippen LogP contribution in [0.25, 0.3) is 0 Å². The largest absolute Gasteiger partial charge is 0.397 e. The van der Waals surface area contributed by atoms with E-state index in [1.54, 1.807) is 6.08 Å². The predicted octanol–water partition coefficient (Wildman–Crippen LogP) is 4.83. The number of thiol groups is 1. The first kappa shape index (κ1) is 23.2. The average molecular weight is 341 g/mol. The van der Waals surface area contributed by atoms with E-state index in [4.69, 9.17) is 4.55 Å². The summed E-state index contributed by atoms with van der Waals surface area (Å²) in [4.78, 5) is 0. The molecule has 0 aliphatic carbocycles. The Labute approximate surface area is 136 Å². The van der Waals surface area contributed by atoms with Gasteiger partial charge in [-0.15, -0.1) is 6.58 Å². The molecule has 0 amide bonds. The van der Waals surface area contributed by atoms with Crippen LogP contribution in [0.1, 0.15) is 71.1 Å². The molecule has 0 aliphatic rings. The first-order chi connectivity index (χ1) is 9.97. The van der Waals surface area contributed by atoms with Crippen LogP contribution in [0.4, 0.5) is 0 Å². The number of unbranched alkanes of at least 4 members (excludes halogenated alkanes) is 9. The lowest BCUT2D eigenvalue weighted by Crippen LogP contribution is -2.04. The first-order valence-electron chi connectivity index (χ1n) is 7.81. The molecule has 0 aromatic heterocycles. The average Bonchev–Trinajstić information content (AvgIpc) is 2.44. The summed E-state index contributed by atoms with van der Waals surface area (Å²) in [6.07, 6.45) is 13.6. The molecule has 1 N–H and O–H groups in total. The maximum Gasteiger partial charge on any atom is 0.397 e. The lowest BCUT2D eigenvalue weighted by molar-refractivity contribution is 0.261. The molecule has 0 aromatic rings. The third-order valence-electron chi connectivity index (χ3n) is 2.86. The summed E-state index contributed by atoms with van der Waals surface area (Å²) >= 11 is 3.80. The molecule has 0 aromatic carbocycles. The molecule has 0 rings (SSSR count). The second-order valence-corrected chi connectivity index (χ2v) is 6.36. The van der Waals surface area contributed by atoms with E-state index in [1.165, 1.54) is 44.9 Å². The monoisotopic (exact) mass is 340 g/mol. The van der Waals surface area contributed by atoms with Crippen molar-refractivity contribution in [3.05, 3.63) is 12.7 Å². The molecule has 0 radical (unpaired) electrons. The van der Waals surface area contributed by atoms with Crippen LogP contribution in [-0.4, -0.2) is 25.3 Å². The van der Waals surface area contributed by atoms with Crippen molar-refractivity contribution >= 4 is 23.0 Å². The minimum atomic E-state index is -4.23. The van der Waals surface area contributed by atoms with Gasteiger partial charge in [0.15, 0.2) is 0 Å². The van der Waals surface area contributed by atoms with Gasteiger partial charge in [-0.3, -0.25) is 4.55 Å². The van der Waals surface area contributed by atoms with Gasteiger partial charge in [-0.25, -0.2) is 4.18 Å². The highest BCUT2D eigenvalue weighted by atomic mass is 32.3. The van der Waals surface area contributed by atoms with E-state index >= 15 is 0 Å². The molecule has 0 spiro atoms. The number of rotatable bonds is 13. The Morgan fingerprint density at radius 1 is 1.00 bits per heavy atom. The zero-order valence-electron chi connectivity index (χ0n) is 13.3. The van der Waals surface area contributed by atoms with Crippen molar-refractivity contribution in [3.63, 3.8) is 0 Å². The molecular formula is C15H32O4S2. The normalized spacial score (nSPS) is 10.8. The van der Waals surface area contributed by atoms with E-state index in [-0.39, 0.29) is 6.61 Å². The van der Waals surface area contributed by atoms with Crippen molar-refractivity contribution in [2.24, 2.45) is 0 Å². The van der Waals surface area contributed by atoms with E-state index < -0.39 is 10.4 Å². The molecule has 4 nitrogen and oxygen atoms in total. The van der Waals surface area contributed by atoms with Gasteiger partial charge < -0.3 is 0 Å². The van der Waals surface area contributed by atoms with Gasteiger partial charge in [0.25, 0.3) is 0 Å². The highest BCUT2D eigenvalue weighted by Gasteiger charge is 2.02. The summed E-state index contributed by atoms with van der Waals surface area (Å²) in [5.74, 6) is 0.778. The van der Waals surface area contributed by atoms with E-state index in [1.807, 2.05) is 0 Å². The van der Waals surface area contributed by atoms with E-state index in [0.717, 1.165) is 18.6 Å². The molecular weight excluding hydrogens is 308 g/mol. The molecule has 6 heteroatoms. The molecule has 0 saturated heterocycles. The second kappa shape index (κ2) is 18.0. The fourth-order valence-corrected chi connectivity index (χ4v) is 2.08. The minimum Gasteiger partial charge on any atom is -0.264 e. The molecule has 0 bridgehead atoms. The summed E-state index contributed by atoms with van der Waals surface area (Å²) in [6, 6.07) is 0. The molecule has 0 heterocycles. The summed E-state index contributed by atoms with van der Waals surface area (Å²) in [5, 5.41) is 0. The van der Waals surface area contributed by atoms with Gasteiger partial charge in [-0.2, -0.15) is 21.0 Å². The topological polar surface area (TPSA) is 63.6 Å². The molecule has 0 atom stereocenters. The predicted molar refractivity (Wildman–Crippen MR) is 93.4 cm³/mol. The van der Waals surface area contributed by atoms with Gasteiger partial charge in [-0.05, 0) is 6.42 Å². The Balaban J connectivity index is 0. The maximum absolute atomic E-state index is 10.2. The van der Waals surface area contributed by atoms with Crippen LogP contribution < -0.4 is 0 Å². The summed E-state index contributed by atoms with van der Waals surface area (Å²) in [5.41, 5.74) is 0. The number of hydrogen-bond donors (Lipinski definition) is 2. The van der Waals surface area contributed by atoms with Crippen molar-refractivity contribution < 1.29 is 17.2 Å². The van der Waals surface area contributed by atoms with Crippen LogP contribution in [-0.2, 0) is 14.6 Å². The fraction of sp³-hybridized carbons (Fsp3) is 0.867. The van der Waals surface area contributed by atoms with Crippen molar-refractivity contribution in [2.45, 2.75) is 71.1 Å². The van der Waals surface area contributed by atoms with Gasteiger partial charge in [0.2, 0.25) is 0 Å². The highest BCUT2D eigenvalue weighted by Crippen LogP contribution is 2.10. The summed E-state index contributed by atoms with van der Waals surface area (Å²) in [6.45, 7) is 5.71. The Morgan fingerprint density at radius 3 is 1.71 bits per heavy atom. The van der Waals surface area contributed by atoms with Crippen LogP contribution in [0.3, 0.4) is 0 Å². The lowest BCUT2D eigenvalue weighted by Gasteiger charge is -2.02. The van der Waals surface area contributed by atoms with E-state index in [0.29, 0.717) is 6.42 Å².